The second kappa shape index (κ2) is 7.28. The van der Waals surface area contributed by atoms with E-state index in [4.69, 9.17) is 21.1 Å². The molecule has 0 unspecified atom stereocenters. The number of nitrogens with one attached hydrogen (secondary N) is 1. The van der Waals surface area contributed by atoms with Gasteiger partial charge in [0.25, 0.3) is 11.6 Å². The SMILES string of the molecule is Cc1sc(C(=O)NCCc2cc(Cl)c3c(c2)OCCO3)cc1[N+](=O)[O-]. The van der Waals surface area contributed by atoms with Crippen LogP contribution in [0.25, 0.3) is 0 Å². The van der Waals surface area contributed by atoms with Gasteiger partial charge in [0.05, 0.1) is 19.7 Å². The molecule has 0 spiro atoms. The van der Waals surface area contributed by atoms with Crippen molar-refractivity contribution in [1.82, 2.24) is 5.32 Å². The summed E-state index contributed by atoms with van der Waals surface area (Å²) in [6, 6.07) is 4.92. The van der Waals surface area contributed by atoms with Gasteiger partial charge in [-0.15, -0.1) is 11.3 Å². The second-order valence-electron chi connectivity index (χ2n) is 5.42. The van der Waals surface area contributed by atoms with Crippen molar-refractivity contribution in [3.05, 3.63) is 48.7 Å². The van der Waals surface area contributed by atoms with Crippen LogP contribution in [0.1, 0.15) is 20.1 Å². The van der Waals surface area contributed by atoms with Crippen LogP contribution in [0.5, 0.6) is 11.5 Å². The molecule has 0 radical (unpaired) electrons. The molecule has 1 N–H and O–H groups in total. The monoisotopic (exact) mass is 382 g/mol. The quantitative estimate of drug-likeness (QED) is 0.632. The van der Waals surface area contributed by atoms with Crippen LogP contribution >= 0.6 is 22.9 Å². The molecule has 9 heteroatoms. The minimum Gasteiger partial charge on any atom is -0.486 e. The lowest BCUT2D eigenvalue weighted by molar-refractivity contribution is -0.385. The van der Waals surface area contributed by atoms with E-state index in [0.29, 0.717) is 52.5 Å². The minimum absolute atomic E-state index is 0.0335. The highest BCUT2D eigenvalue weighted by molar-refractivity contribution is 7.14. The topological polar surface area (TPSA) is 90.7 Å². The molecule has 7 nitrogen and oxygen atoms in total. The lowest BCUT2D eigenvalue weighted by Crippen LogP contribution is -2.25. The number of fused-ring (bicyclic) bond motifs is 1. The first-order valence-electron chi connectivity index (χ1n) is 7.56. The Labute approximate surface area is 152 Å². The molecule has 1 amide bonds. The standard InChI is InChI=1S/C16H15ClN2O5S/c1-9-12(19(21)22)8-14(25-9)16(20)18-3-2-10-6-11(17)15-13(7-10)23-4-5-24-15/h6-8H,2-5H2,1H3,(H,18,20). The van der Waals surface area contributed by atoms with E-state index in [1.165, 1.54) is 6.07 Å². The maximum absolute atomic E-state index is 12.1. The lowest BCUT2D eigenvalue weighted by Gasteiger charge is -2.20. The number of amides is 1. The van der Waals surface area contributed by atoms with E-state index >= 15 is 0 Å². The number of rotatable bonds is 5. The van der Waals surface area contributed by atoms with E-state index in [1.807, 2.05) is 6.07 Å². The molecule has 0 saturated heterocycles. The van der Waals surface area contributed by atoms with E-state index in [9.17, 15) is 14.9 Å². The molecule has 1 aliphatic heterocycles. The number of hydrogen-bond acceptors (Lipinski definition) is 6. The molecule has 25 heavy (non-hydrogen) atoms. The number of aryl methyl sites for hydroxylation is 1. The van der Waals surface area contributed by atoms with Gasteiger partial charge in [-0.1, -0.05) is 11.6 Å². The van der Waals surface area contributed by atoms with Gasteiger partial charge in [0.2, 0.25) is 0 Å². The second-order valence-corrected chi connectivity index (χ2v) is 7.08. The zero-order valence-corrected chi connectivity index (χ0v) is 14.9. The average molecular weight is 383 g/mol. The zero-order valence-electron chi connectivity index (χ0n) is 13.3. The van der Waals surface area contributed by atoms with Gasteiger partial charge in [-0.25, -0.2) is 0 Å². The highest BCUT2D eigenvalue weighted by atomic mass is 35.5. The van der Waals surface area contributed by atoms with Gasteiger partial charge in [-0.2, -0.15) is 0 Å². The summed E-state index contributed by atoms with van der Waals surface area (Å²) in [4.78, 5) is 23.3. The van der Waals surface area contributed by atoms with Crippen LogP contribution in [-0.4, -0.2) is 30.6 Å². The molecule has 0 bridgehead atoms. The number of thiophene rings is 1. The number of halogens is 1. The van der Waals surface area contributed by atoms with E-state index in [2.05, 4.69) is 5.32 Å². The van der Waals surface area contributed by atoms with Crippen LogP contribution in [0, 0.1) is 17.0 Å². The van der Waals surface area contributed by atoms with Crippen molar-refractivity contribution in [2.75, 3.05) is 19.8 Å². The molecule has 0 fully saturated rings. The number of ether oxygens (including phenoxy) is 2. The maximum Gasteiger partial charge on any atom is 0.283 e. The summed E-state index contributed by atoms with van der Waals surface area (Å²) in [6.07, 6.45) is 0.550. The molecule has 1 aliphatic rings. The van der Waals surface area contributed by atoms with Gasteiger partial charge < -0.3 is 14.8 Å². The Kier molecular flexibility index (Phi) is 5.10. The Balaban J connectivity index is 1.61. The number of benzene rings is 1. The fourth-order valence-corrected chi connectivity index (χ4v) is 3.67. The average Bonchev–Trinajstić information content (AvgIpc) is 2.97. The van der Waals surface area contributed by atoms with Gasteiger partial charge in [0, 0.05) is 12.6 Å². The van der Waals surface area contributed by atoms with Crippen LogP contribution in [0.2, 0.25) is 5.02 Å². The maximum atomic E-state index is 12.1. The highest BCUT2D eigenvalue weighted by Gasteiger charge is 2.20. The van der Waals surface area contributed by atoms with Crippen LogP contribution < -0.4 is 14.8 Å². The third-order valence-corrected chi connectivity index (χ3v) is 4.99. The van der Waals surface area contributed by atoms with Crippen molar-refractivity contribution in [1.29, 1.82) is 0 Å². The van der Waals surface area contributed by atoms with E-state index < -0.39 is 4.92 Å². The number of nitro groups is 1. The fourth-order valence-electron chi connectivity index (χ4n) is 2.48. The van der Waals surface area contributed by atoms with Crippen molar-refractivity contribution >= 4 is 34.5 Å². The Morgan fingerprint density at radius 2 is 2.12 bits per heavy atom. The van der Waals surface area contributed by atoms with Crippen molar-refractivity contribution < 1.29 is 19.2 Å². The van der Waals surface area contributed by atoms with E-state index in [-0.39, 0.29) is 11.6 Å². The zero-order chi connectivity index (χ0) is 18.0. The Morgan fingerprint density at radius 3 is 2.84 bits per heavy atom. The Morgan fingerprint density at radius 1 is 1.36 bits per heavy atom. The first kappa shape index (κ1) is 17.5. The van der Waals surface area contributed by atoms with Gasteiger partial charge in [-0.3, -0.25) is 14.9 Å². The molecule has 1 aromatic heterocycles. The Hall–Kier alpha value is -2.32. The summed E-state index contributed by atoms with van der Waals surface area (Å²) in [7, 11) is 0. The fraction of sp³-hybridized carbons (Fsp3) is 0.312. The van der Waals surface area contributed by atoms with Crippen LogP contribution in [0.4, 0.5) is 5.69 Å². The summed E-state index contributed by atoms with van der Waals surface area (Å²) < 4.78 is 11.0. The molecule has 3 rings (SSSR count). The van der Waals surface area contributed by atoms with Crippen molar-refractivity contribution in [3.8, 4) is 11.5 Å². The molecule has 2 heterocycles. The first-order chi connectivity index (χ1) is 12.0. The number of hydrogen-bond donors (Lipinski definition) is 1. The molecular weight excluding hydrogens is 368 g/mol. The van der Waals surface area contributed by atoms with Gasteiger partial charge >= 0.3 is 0 Å². The smallest absolute Gasteiger partial charge is 0.283 e. The Bertz CT molecular complexity index is 836. The van der Waals surface area contributed by atoms with Crippen LogP contribution in [0.15, 0.2) is 18.2 Å². The van der Waals surface area contributed by atoms with Crippen LogP contribution in [0.3, 0.4) is 0 Å². The summed E-state index contributed by atoms with van der Waals surface area (Å²) in [5, 5.41) is 14.1. The summed E-state index contributed by atoms with van der Waals surface area (Å²) in [5.74, 6) is 0.816. The highest BCUT2D eigenvalue weighted by Crippen LogP contribution is 2.38. The van der Waals surface area contributed by atoms with Gasteiger partial charge in [0.1, 0.15) is 13.2 Å². The molecule has 2 aromatic rings. The minimum atomic E-state index is -0.486. The molecule has 0 atom stereocenters. The normalized spacial score (nSPS) is 12.7. The van der Waals surface area contributed by atoms with Crippen molar-refractivity contribution in [2.45, 2.75) is 13.3 Å². The molecular formula is C16H15ClN2O5S. The van der Waals surface area contributed by atoms with Crippen molar-refractivity contribution in [2.24, 2.45) is 0 Å². The predicted molar refractivity (Wildman–Crippen MR) is 94.2 cm³/mol. The molecule has 0 aliphatic carbocycles. The summed E-state index contributed by atoms with van der Waals surface area (Å²) in [5.41, 5.74) is 0.872. The molecule has 132 valence electrons. The van der Waals surface area contributed by atoms with Crippen LogP contribution in [-0.2, 0) is 6.42 Å². The third-order valence-electron chi connectivity index (χ3n) is 3.67. The largest absolute Gasteiger partial charge is 0.486 e. The van der Waals surface area contributed by atoms with Gasteiger partial charge in [-0.05, 0) is 31.0 Å². The van der Waals surface area contributed by atoms with E-state index in [1.54, 1.807) is 13.0 Å². The third kappa shape index (κ3) is 3.85. The predicted octanol–water partition coefficient (Wildman–Crippen LogP) is 3.36. The molecule has 1 aromatic carbocycles. The van der Waals surface area contributed by atoms with E-state index in [0.717, 1.165) is 16.9 Å². The first-order valence-corrected chi connectivity index (χ1v) is 8.76. The number of carbonyl (C=O) groups is 1. The van der Waals surface area contributed by atoms with Gasteiger partial charge in [0.15, 0.2) is 11.5 Å². The molecule has 0 saturated carbocycles. The summed E-state index contributed by atoms with van der Waals surface area (Å²) in [6.45, 7) is 2.94. The lowest BCUT2D eigenvalue weighted by atomic mass is 10.1. The van der Waals surface area contributed by atoms with Crippen molar-refractivity contribution in [3.63, 3.8) is 0 Å². The summed E-state index contributed by atoms with van der Waals surface area (Å²) >= 11 is 7.29. The number of carbonyl (C=O) groups excluding carboxylic acids is 1. The number of nitrogens with zero attached hydrogens (tertiary/aromatic N) is 1.